The molecule has 0 unspecified atom stereocenters. The molecule has 0 aromatic heterocycles. The Morgan fingerprint density at radius 3 is 2.22 bits per heavy atom. The van der Waals surface area contributed by atoms with Crippen LogP contribution in [0.3, 0.4) is 0 Å². The highest BCUT2D eigenvalue weighted by Gasteiger charge is 2.13. The summed E-state index contributed by atoms with van der Waals surface area (Å²) in [6, 6.07) is 15.6. The molecule has 0 atom stereocenters. The lowest BCUT2D eigenvalue weighted by molar-refractivity contribution is -0.116. The van der Waals surface area contributed by atoms with Crippen LogP contribution >= 0.6 is 0 Å². The van der Waals surface area contributed by atoms with E-state index >= 15 is 0 Å². The summed E-state index contributed by atoms with van der Waals surface area (Å²) in [4.78, 5) is 12.1. The first-order chi connectivity index (χ1) is 13.0. The van der Waals surface area contributed by atoms with Gasteiger partial charge in [0.1, 0.15) is 0 Å². The summed E-state index contributed by atoms with van der Waals surface area (Å²) in [5.41, 5.74) is 1.50. The molecule has 2 N–H and O–H groups in total. The Balaban J connectivity index is 1.83. The van der Waals surface area contributed by atoms with Crippen molar-refractivity contribution in [3.63, 3.8) is 0 Å². The molecule has 27 heavy (non-hydrogen) atoms. The highest BCUT2D eigenvalue weighted by Crippen LogP contribution is 2.15. The van der Waals surface area contributed by atoms with E-state index in [-0.39, 0.29) is 17.3 Å². The Hall–Kier alpha value is -2.18. The molecule has 0 heterocycles. The number of carbonyl (C=O) groups is 1. The van der Waals surface area contributed by atoms with Gasteiger partial charge in [-0.1, -0.05) is 62.9 Å². The summed E-state index contributed by atoms with van der Waals surface area (Å²) in [6.07, 6.45) is 5.97. The van der Waals surface area contributed by atoms with E-state index < -0.39 is 10.0 Å². The van der Waals surface area contributed by atoms with E-state index in [9.17, 15) is 13.2 Å². The number of unbranched alkanes of at least 4 members (excludes halogenated alkanes) is 4. The van der Waals surface area contributed by atoms with Crippen molar-refractivity contribution < 1.29 is 13.2 Å². The fraction of sp³-hybridized carbons (Fsp3) is 0.381. The van der Waals surface area contributed by atoms with Crippen LogP contribution in [0, 0.1) is 0 Å². The number of nitrogens with one attached hydrogen (secondary N) is 2. The fourth-order valence-corrected chi connectivity index (χ4v) is 3.71. The van der Waals surface area contributed by atoms with Crippen LogP contribution in [-0.2, 0) is 21.4 Å². The van der Waals surface area contributed by atoms with Crippen molar-refractivity contribution in [3.8, 4) is 0 Å². The zero-order valence-corrected chi connectivity index (χ0v) is 16.6. The predicted molar refractivity (Wildman–Crippen MR) is 109 cm³/mol. The molecule has 0 fully saturated rings. The molecular formula is C21H28N2O3S. The van der Waals surface area contributed by atoms with Gasteiger partial charge in [-0.2, -0.15) is 0 Å². The van der Waals surface area contributed by atoms with Crippen molar-refractivity contribution in [1.29, 1.82) is 0 Å². The Kier molecular flexibility index (Phi) is 8.48. The molecule has 1 amide bonds. The SMILES string of the molecule is CCCCCCCC(=O)Nc1ccc(S(=O)(=O)NCc2ccccc2)cc1. The summed E-state index contributed by atoms with van der Waals surface area (Å²) in [7, 11) is -3.59. The number of carbonyl (C=O) groups excluding carboxylic acids is 1. The highest BCUT2D eigenvalue weighted by molar-refractivity contribution is 7.89. The van der Waals surface area contributed by atoms with Gasteiger partial charge in [0.2, 0.25) is 15.9 Å². The average Bonchev–Trinajstić information content (AvgIpc) is 2.67. The molecule has 0 saturated carbocycles. The second-order valence-electron chi connectivity index (χ2n) is 6.55. The van der Waals surface area contributed by atoms with Gasteiger partial charge < -0.3 is 5.32 Å². The highest BCUT2D eigenvalue weighted by atomic mass is 32.2. The maximum Gasteiger partial charge on any atom is 0.240 e. The average molecular weight is 389 g/mol. The molecule has 0 spiro atoms. The largest absolute Gasteiger partial charge is 0.326 e. The lowest BCUT2D eigenvalue weighted by Gasteiger charge is -2.09. The molecule has 0 bridgehead atoms. The first-order valence-electron chi connectivity index (χ1n) is 9.45. The zero-order chi connectivity index (χ0) is 19.5. The van der Waals surface area contributed by atoms with E-state index in [1.54, 1.807) is 12.1 Å². The minimum Gasteiger partial charge on any atom is -0.326 e. The van der Waals surface area contributed by atoms with E-state index in [0.717, 1.165) is 24.8 Å². The first kappa shape index (κ1) is 21.1. The number of sulfonamides is 1. The number of hydrogen-bond donors (Lipinski definition) is 2. The van der Waals surface area contributed by atoms with Gasteiger partial charge >= 0.3 is 0 Å². The van der Waals surface area contributed by atoms with Crippen molar-refractivity contribution in [2.24, 2.45) is 0 Å². The Bertz CT molecular complexity index is 803. The van der Waals surface area contributed by atoms with Crippen LogP contribution in [0.2, 0.25) is 0 Å². The molecule has 0 radical (unpaired) electrons. The van der Waals surface area contributed by atoms with Gasteiger partial charge in [0, 0.05) is 18.7 Å². The number of benzene rings is 2. The maximum atomic E-state index is 12.4. The Morgan fingerprint density at radius 2 is 1.56 bits per heavy atom. The first-order valence-corrected chi connectivity index (χ1v) is 10.9. The van der Waals surface area contributed by atoms with Crippen LogP contribution in [0.25, 0.3) is 0 Å². The van der Waals surface area contributed by atoms with Crippen molar-refractivity contribution in [3.05, 3.63) is 60.2 Å². The normalized spacial score (nSPS) is 11.3. The third-order valence-electron chi connectivity index (χ3n) is 4.26. The van der Waals surface area contributed by atoms with Crippen LogP contribution in [-0.4, -0.2) is 14.3 Å². The smallest absolute Gasteiger partial charge is 0.240 e. The van der Waals surface area contributed by atoms with Gasteiger partial charge in [-0.05, 0) is 36.2 Å². The van der Waals surface area contributed by atoms with Crippen molar-refractivity contribution in [1.82, 2.24) is 4.72 Å². The maximum absolute atomic E-state index is 12.4. The van der Waals surface area contributed by atoms with Crippen molar-refractivity contribution in [2.75, 3.05) is 5.32 Å². The Labute approximate surface area is 162 Å². The standard InChI is InChI=1S/C21H28N2O3S/c1-2-3-4-5-9-12-21(24)23-19-13-15-20(16-14-19)27(25,26)22-17-18-10-7-6-8-11-18/h6-8,10-11,13-16,22H,2-5,9,12,17H2,1H3,(H,23,24). The van der Waals surface area contributed by atoms with Crippen molar-refractivity contribution in [2.45, 2.75) is 56.9 Å². The van der Waals surface area contributed by atoms with Gasteiger partial charge in [0.25, 0.3) is 0 Å². The lowest BCUT2D eigenvalue weighted by atomic mass is 10.1. The van der Waals surface area contributed by atoms with E-state index in [0.29, 0.717) is 12.1 Å². The third-order valence-corrected chi connectivity index (χ3v) is 5.68. The second kappa shape index (κ2) is 10.8. The molecule has 6 heteroatoms. The molecule has 0 aliphatic rings. The van der Waals surface area contributed by atoms with E-state index in [2.05, 4.69) is 17.0 Å². The summed E-state index contributed by atoms with van der Waals surface area (Å²) in [6.45, 7) is 2.40. The van der Waals surface area contributed by atoms with E-state index in [1.165, 1.54) is 25.0 Å². The monoisotopic (exact) mass is 388 g/mol. The van der Waals surface area contributed by atoms with Gasteiger partial charge in [0.05, 0.1) is 4.90 Å². The molecule has 0 aliphatic carbocycles. The molecule has 5 nitrogen and oxygen atoms in total. The molecule has 0 saturated heterocycles. The Morgan fingerprint density at radius 1 is 0.889 bits per heavy atom. The molecule has 2 rings (SSSR count). The van der Waals surface area contributed by atoms with Crippen LogP contribution in [0.5, 0.6) is 0 Å². The van der Waals surface area contributed by atoms with Crippen LogP contribution < -0.4 is 10.0 Å². The number of amides is 1. The molecule has 2 aromatic rings. The van der Waals surface area contributed by atoms with E-state index in [1.807, 2.05) is 30.3 Å². The van der Waals surface area contributed by atoms with Crippen LogP contribution in [0.15, 0.2) is 59.5 Å². The molecular weight excluding hydrogens is 360 g/mol. The fourth-order valence-electron chi connectivity index (χ4n) is 2.69. The van der Waals surface area contributed by atoms with Crippen LogP contribution in [0.4, 0.5) is 5.69 Å². The van der Waals surface area contributed by atoms with Crippen molar-refractivity contribution >= 4 is 21.6 Å². The quantitative estimate of drug-likeness (QED) is 0.558. The summed E-state index contributed by atoms with van der Waals surface area (Å²) < 4.78 is 27.3. The minimum absolute atomic E-state index is 0.0377. The van der Waals surface area contributed by atoms with Gasteiger partial charge in [-0.25, -0.2) is 13.1 Å². The van der Waals surface area contributed by atoms with E-state index in [4.69, 9.17) is 0 Å². The van der Waals surface area contributed by atoms with Gasteiger partial charge in [-0.3, -0.25) is 4.79 Å². The number of anilines is 1. The summed E-state index contributed by atoms with van der Waals surface area (Å²) in [5.74, 6) is -0.0377. The molecule has 2 aromatic carbocycles. The number of hydrogen-bond acceptors (Lipinski definition) is 3. The molecule has 0 aliphatic heterocycles. The van der Waals surface area contributed by atoms with Crippen LogP contribution in [0.1, 0.15) is 51.0 Å². The second-order valence-corrected chi connectivity index (χ2v) is 8.31. The lowest BCUT2D eigenvalue weighted by Crippen LogP contribution is -2.23. The topological polar surface area (TPSA) is 75.3 Å². The zero-order valence-electron chi connectivity index (χ0n) is 15.8. The summed E-state index contributed by atoms with van der Waals surface area (Å²) >= 11 is 0. The number of rotatable bonds is 11. The summed E-state index contributed by atoms with van der Waals surface area (Å²) in [5, 5.41) is 2.82. The predicted octanol–water partition coefficient (Wildman–Crippen LogP) is 4.46. The minimum atomic E-state index is -3.59. The molecule has 146 valence electrons. The van der Waals surface area contributed by atoms with Gasteiger partial charge in [0.15, 0.2) is 0 Å². The van der Waals surface area contributed by atoms with Gasteiger partial charge in [-0.15, -0.1) is 0 Å². The third kappa shape index (κ3) is 7.53.